The Kier molecular flexibility index (Phi) is 4.77. The molecule has 0 aliphatic rings. The predicted octanol–water partition coefficient (Wildman–Crippen LogP) is 1.59. The van der Waals surface area contributed by atoms with E-state index >= 15 is 0 Å². The number of carbonyl (C=O) groups excluding carboxylic acids is 2. The highest BCUT2D eigenvalue weighted by Gasteiger charge is 2.26. The molecule has 0 bridgehead atoms. The standard InChI is InChI=1S/C15H18N4O2S/c1-9-12(22-15(16)17-9)13(20)18-11(14(21)19(2)3)10-7-5-4-6-8-10/h4-8,11H,1-3H3,(H2,16,17)(H,18,20). The summed E-state index contributed by atoms with van der Waals surface area (Å²) in [5.41, 5.74) is 6.91. The molecule has 116 valence electrons. The molecule has 1 aromatic carbocycles. The van der Waals surface area contributed by atoms with Crippen molar-refractivity contribution in [3.63, 3.8) is 0 Å². The van der Waals surface area contributed by atoms with Crippen LogP contribution in [0.15, 0.2) is 30.3 Å². The average Bonchev–Trinajstić information content (AvgIpc) is 2.83. The summed E-state index contributed by atoms with van der Waals surface area (Å²) >= 11 is 1.11. The van der Waals surface area contributed by atoms with Crippen molar-refractivity contribution in [1.29, 1.82) is 0 Å². The van der Waals surface area contributed by atoms with Gasteiger partial charge in [0.1, 0.15) is 10.9 Å². The van der Waals surface area contributed by atoms with Crippen molar-refractivity contribution in [2.75, 3.05) is 19.8 Å². The second kappa shape index (κ2) is 6.57. The van der Waals surface area contributed by atoms with Crippen molar-refractivity contribution in [1.82, 2.24) is 15.2 Å². The lowest BCUT2D eigenvalue weighted by atomic mass is 10.1. The molecule has 7 heteroatoms. The number of hydrogen-bond acceptors (Lipinski definition) is 5. The van der Waals surface area contributed by atoms with Gasteiger partial charge in [-0.1, -0.05) is 41.7 Å². The number of hydrogen-bond donors (Lipinski definition) is 2. The molecule has 0 aliphatic carbocycles. The molecule has 0 spiro atoms. The highest BCUT2D eigenvalue weighted by atomic mass is 32.1. The summed E-state index contributed by atoms with van der Waals surface area (Å²) in [5, 5.41) is 3.10. The van der Waals surface area contributed by atoms with Crippen molar-refractivity contribution < 1.29 is 9.59 Å². The molecule has 1 aromatic heterocycles. The van der Waals surface area contributed by atoms with Crippen LogP contribution in [0.25, 0.3) is 0 Å². The zero-order valence-corrected chi connectivity index (χ0v) is 13.5. The molecule has 2 rings (SSSR count). The van der Waals surface area contributed by atoms with Crippen LogP contribution in [0.4, 0.5) is 5.13 Å². The average molecular weight is 318 g/mol. The number of carbonyl (C=O) groups is 2. The van der Waals surface area contributed by atoms with Crippen molar-refractivity contribution in [3.05, 3.63) is 46.5 Å². The molecule has 3 N–H and O–H groups in total. The zero-order chi connectivity index (χ0) is 16.3. The number of aryl methyl sites for hydroxylation is 1. The van der Waals surface area contributed by atoms with Crippen LogP contribution >= 0.6 is 11.3 Å². The number of amides is 2. The summed E-state index contributed by atoms with van der Waals surface area (Å²) in [5.74, 6) is -0.551. The molecule has 1 atom stereocenters. The molecule has 2 aromatic rings. The van der Waals surface area contributed by atoms with E-state index in [9.17, 15) is 9.59 Å². The van der Waals surface area contributed by atoms with Crippen LogP contribution in [-0.4, -0.2) is 35.8 Å². The van der Waals surface area contributed by atoms with E-state index in [1.165, 1.54) is 4.90 Å². The molecular weight excluding hydrogens is 300 g/mol. The monoisotopic (exact) mass is 318 g/mol. The van der Waals surface area contributed by atoms with E-state index in [4.69, 9.17) is 5.73 Å². The summed E-state index contributed by atoms with van der Waals surface area (Å²) in [7, 11) is 3.31. The fourth-order valence-corrected chi connectivity index (χ4v) is 2.75. The normalized spacial score (nSPS) is 11.8. The number of nitrogens with one attached hydrogen (secondary N) is 1. The molecule has 1 heterocycles. The fraction of sp³-hybridized carbons (Fsp3) is 0.267. The third-order valence-corrected chi connectivity index (χ3v) is 4.10. The smallest absolute Gasteiger partial charge is 0.264 e. The fourth-order valence-electron chi connectivity index (χ4n) is 2.02. The predicted molar refractivity (Wildman–Crippen MR) is 86.6 cm³/mol. The van der Waals surface area contributed by atoms with Gasteiger partial charge >= 0.3 is 0 Å². The number of thiazole rings is 1. The topological polar surface area (TPSA) is 88.3 Å². The maximum absolute atomic E-state index is 12.4. The molecule has 0 saturated carbocycles. The molecule has 22 heavy (non-hydrogen) atoms. The van der Waals surface area contributed by atoms with Crippen LogP contribution < -0.4 is 11.1 Å². The van der Waals surface area contributed by atoms with Gasteiger partial charge in [-0.25, -0.2) is 4.98 Å². The van der Waals surface area contributed by atoms with E-state index in [0.717, 1.165) is 16.9 Å². The van der Waals surface area contributed by atoms with Gasteiger partial charge in [-0.2, -0.15) is 0 Å². The first-order valence-electron chi connectivity index (χ1n) is 6.70. The van der Waals surface area contributed by atoms with Gasteiger partial charge in [0.05, 0.1) is 5.69 Å². The molecule has 0 fully saturated rings. The number of aromatic nitrogens is 1. The van der Waals surface area contributed by atoms with E-state index in [1.54, 1.807) is 33.2 Å². The van der Waals surface area contributed by atoms with Crippen LogP contribution in [0.1, 0.15) is 27.0 Å². The van der Waals surface area contributed by atoms with Gasteiger partial charge in [-0.15, -0.1) is 0 Å². The number of likely N-dealkylation sites (N-methyl/N-ethyl adjacent to an activating group) is 1. The molecule has 2 amide bonds. The van der Waals surface area contributed by atoms with Gasteiger partial charge in [0.25, 0.3) is 5.91 Å². The first-order valence-corrected chi connectivity index (χ1v) is 7.51. The van der Waals surface area contributed by atoms with E-state index in [2.05, 4.69) is 10.3 Å². The Hall–Kier alpha value is -2.41. The van der Waals surface area contributed by atoms with E-state index in [1.807, 2.05) is 18.2 Å². The van der Waals surface area contributed by atoms with Gasteiger partial charge in [0, 0.05) is 14.1 Å². The number of nitrogens with zero attached hydrogens (tertiary/aromatic N) is 2. The summed E-state index contributed by atoms with van der Waals surface area (Å²) < 4.78 is 0. The van der Waals surface area contributed by atoms with E-state index in [0.29, 0.717) is 15.7 Å². The van der Waals surface area contributed by atoms with Gasteiger partial charge in [-0.05, 0) is 12.5 Å². The Morgan fingerprint density at radius 3 is 2.41 bits per heavy atom. The summed E-state index contributed by atoms with van der Waals surface area (Å²) in [6, 6.07) is 8.38. The molecule has 0 aliphatic heterocycles. The summed E-state index contributed by atoms with van der Waals surface area (Å²) in [6.07, 6.45) is 0. The number of nitrogens with two attached hydrogens (primary N) is 1. The molecule has 6 nitrogen and oxygen atoms in total. The number of benzene rings is 1. The van der Waals surface area contributed by atoms with Crippen LogP contribution in [0.3, 0.4) is 0 Å². The minimum atomic E-state index is -0.744. The maximum Gasteiger partial charge on any atom is 0.264 e. The third kappa shape index (κ3) is 3.43. The summed E-state index contributed by atoms with van der Waals surface area (Å²) in [4.78, 5) is 30.7. The lowest BCUT2D eigenvalue weighted by molar-refractivity contribution is -0.130. The number of rotatable bonds is 4. The third-order valence-electron chi connectivity index (χ3n) is 3.12. The quantitative estimate of drug-likeness (QED) is 0.896. The second-order valence-electron chi connectivity index (χ2n) is 5.02. The first-order chi connectivity index (χ1) is 10.4. The van der Waals surface area contributed by atoms with Crippen LogP contribution in [0, 0.1) is 6.92 Å². The highest BCUT2D eigenvalue weighted by molar-refractivity contribution is 7.17. The second-order valence-corrected chi connectivity index (χ2v) is 6.05. The van der Waals surface area contributed by atoms with E-state index < -0.39 is 6.04 Å². The molecular formula is C15H18N4O2S. The SMILES string of the molecule is Cc1nc(N)sc1C(=O)NC(C(=O)N(C)C)c1ccccc1. The van der Waals surface area contributed by atoms with Crippen molar-refractivity contribution in [2.24, 2.45) is 0 Å². The lowest BCUT2D eigenvalue weighted by Gasteiger charge is -2.22. The number of nitrogen functional groups attached to an aromatic ring is 1. The summed E-state index contributed by atoms with van der Waals surface area (Å²) in [6.45, 7) is 1.72. The molecule has 0 radical (unpaired) electrons. The Balaban J connectivity index is 2.29. The molecule has 1 unspecified atom stereocenters. The maximum atomic E-state index is 12.4. The van der Waals surface area contributed by atoms with Gasteiger partial charge in [-0.3, -0.25) is 9.59 Å². The largest absolute Gasteiger partial charge is 0.375 e. The van der Waals surface area contributed by atoms with Crippen molar-refractivity contribution in [2.45, 2.75) is 13.0 Å². The van der Waals surface area contributed by atoms with Crippen molar-refractivity contribution >= 4 is 28.3 Å². The van der Waals surface area contributed by atoms with Gasteiger partial charge in [0.15, 0.2) is 5.13 Å². The minimum Gasteiger partial charge on any atom is -0.375 e. The van der Waals surface area contributed by atoms with Gasteiger partial charge < -0.3 is 16.0 Å². The van der Waals surface area contributed by atoms with Crippen molar-refractivity contribution in [3.8, 4) is 0 Å². The van der Waals surface area contributed by atoms with Crippen LogP contribution in [0.2, 0.25) is 0 Å². The highest BCUT2D eigenvalue weighted by Crippen LogP contribution is 2.22. The Bertz CT molecular complexity index is 682. The van der Waals surface area contributed by atoms with E-state index in [-0.39, 0.29) is 11.8 Å². The van der Waals surface area contributed by atoms with Crippen LogP contribution in [0.5, 0.6) is 0 Å². The van der Waals surface area contributed by atoms with Gasteiger partial charge in [0.2, 0.25) is 5.91 Å². The number of anilines is 1. The lowest BCUT2D eigenvalue weighted by Crippen LogP contribution is -2.39. The minimum absolute atomic E-state index is 0.199. The zero-order valence-electron chi connectivity index (χ0n) is 12.7. The Labute approximate surface area is 133 Å². The Morgan fingerprint density at radius 2 is 1.91 bits per heavy atom. The van der Waals surface area contributed by atoms with Crippen LogP contribution in [-0.2, 0) is 4.79 Å². The Morgan fingerprint density at radius 1 is 1.27 bits per heavy atom. The molecule has 0 saturated heterocycles. The first kappa shape index (κ1) is 16.0.